The highest BCUT2D eigenvalue weighted by Crippen LogP contribution is 2.33. The van der Waals surface area contributed by atoms with Gasteiger partial charge < -0.3 is 4.55 Å². The van der Waals surface area contributed by atoms with Crippen molar-refractivity contribution in [2.24, 2.45) is 0 Å². The van der Waals surface area contributed by atoms with Crippen molar-refractivity contribution in [2.45, 2.75) is 12.7 Å². The van der Waals surface area contributed by atoms with Crippen molar-refractivity contribution < 1.29 is 8.76 Å². The van der Waals surface area contributed by atoms with Gasteiger partial charge >= 0.3 is 0 Å². The van der Waals surface area contributed by atoms with Crippen LogP contribution in [-0.4, -0.2) is 8.76 Å². The first-order valence-corrected chi connectivity index (χ1v) is 6.42. The maximum atomic E-state index is 10.7. The lowest BCUT2D eigenvalue weighted by molar-refractivity contribution is 0.563. The lowest BCUT2D eigenvalue weighted by atomic mass is 10.1. The summed E-state index contributed by atoms with van der Waals surface area (Å²) in [4.78, 5) is 0. The molecule has 1 heterocycles. The predicted molar refractivity (Wildman–Crippen MR) is 60.2 cm³/mol. The molecule has 2 aliphatic rings. The first-order chi connectivity index (χ1) is 6.68. The Morgan fingerprint density at radius 1 is 1.50 bits per heavy atom. The number of aryl methyl sites for hydroxylation is 1. The Kier molecular flexibility index (Phi) is 2.67. The second-order valence-electron chi connectivity index (χ2n) is 3.20. The molecule has 0 radical (unpaired) electrons. The van der Waals surface area contributed by atoms with Gasteiger partial charge in [-0.2, -0.15) is 11.3 Å². The van der Waals surface area contributed by atoms with E-state index in [1.807, 2.05) is 23.8 Å². The van der Waals surface area contributed by atoms with Crippen molar-refractivity contribution in [1.82, 2.24) is 0 Å². The highest BCUT2D eigenvalue weighted by molar-refractivity contribution is 7.78. The first kappa shape index (κ1) is 9.83. The van der Waals surface area contributed by atoms with Crippen LogP contribution in [0.25, 0.3) is 11.1 Å². The summed E-state index contributed by atoms with van der Waals surface area (Å²) in [5.74, 6) is 0.223. The highest BCUT2D eigenvalue weighted by Gasteiger charge is 2.13. The minimum absolute atomic E-state index is 0.223. The Balaban J connectivity index is 2.52. The van der Waals surface area contributed by atoms with Crippen LogP contribution in [0, 0.1) is 6.92 Å². The molecular weight excluding hydrogens is 216 g/mol. The Morgan fingerprint density at radius 3 is 3.00 bits per heavy atom. The molecule has 14 heavy (non-hydrogen) atoms. The normalized spacial score (nSPS) is 13.3. The van der Waals surface area contributed by atoms with Crippen LogP contribution in [0.4, 0.5) is 0 Å². The van der Waals surface area contributed by atoms with E-state index in [9.17, 15) is 4.21 Å². The third-order valence-electron chi connectivity index (χ3n) is 2.23. The fraction of sp³-hybridized carbons (Fsp3) is 0.200. The van der Waals surface area contributed by atoms with Gasteiger partial charge in [0.15, 0.2) is 11.1 Å². The van der Waals surface area contributed by atoms with Gasteiger partial charge in [-0.05, 0) is 46.0 Å². The van der Waals surface area contributed by atoms with Crippen LogP contribution in [0.1, 0.15) is 11.1 Å². The van der Waals surface area contributed by atoms with Crippen LogP contribution in [0.3, 0.4) is 0 Å². The van der Waals surface area contributed by atoms with Crippen molar-refractivity contribution in [3.05, 3.63) is 34.0 Å². The zero-order valence-electron chi connectivity index (χ0n) is 7.69. The third-order valence-corrected chi connectivity index (χ3v) is 3.45. The van der Waals surface area contributed by atoms with E-state index in [2.05, 4.69) is 6.07 Å². The van der Waals surface area contributed by atoms with Crippen molar-refractivity contribution in [2.75, 3.05) is 0 Å². The van der Waals surface area contributed by atoms with Crippen LogP contribution in [-0.2, 0) is 16.8 Å². The number of rotatable bonds is 2. The van der Waals surface area contributed by atoms with Gasteiger partial charge in [0.05, 0.1) is 5.75 Å². The molecule has 74 valence electrons. The Morgan fingerprint density at radius 2 is 2.29 bits per heavy atom. The Hall–Kier alpha value is -0.710. The first-order valence-electron chi connectivity index (χ1n) is 4.20. The monoisotopic (exact) mass is 226 g/mol. The van der Waals surface area contributed by atoms with Crippen LogP contribution in [0.15, 0.2) is 22.9 Å². The highest BCUT2D eigenvalue weighted by atomic mass is 32.2. The van der Waals surface area contributed by atoms with E-state index >= 15 is 0 Å². The van der Waals surface area contributed by atoms with E-state index in [1.165, 1.54) is 11.1 Å². The largest absolute Gasteiger partial charge is 0.306 e. The standard InChI is InChI=1S/C10H10O2S2/c1-7-4-8(6-14(11)12)10-5-13-3-2-9(7)10/h2-5H,6H2,1H3,(H,11,12). The van der Waals surface area contributed by atoms with E-state index < -0.39 is 11.1 Å². The second kappa shape index (κ2) is 3.81. The second-order valence-corrected chi connectivity index (χ2v) is 4.91. The SMILES string of the molecule is Cc1cc(CS(=O)O)c2csccc1-2. The van der Waals surface area contributed by atoms with Crippen LogP contribution in [0.2, 0.25) is 0 Å². The Labute approximate surface area is 89.2 Å². The molecular formula is C10H10O2S2. The van der Waals surface area contributed by atoms with E-state index in [0.29, 0.717) is 0 Å². The zero-order chi connectivity index (χ0) is 10.1. The summed E-state index contributed by atoms with van der Waals surface area (Å²) in [6, 6.07) is 4.05. The van der Waals surface area contributed by atoms with E-state index in [1.54, 1.807) is 11.3 Å². The minimum atomic E-state index is -1.75. The van der Waals surface area contributed by atoms with Gasteiger partial charge in [-0.25, -0.2) is 4.21 Å². The summed E-state index contributed by atoms with van der Waals surface area (Å²) >= 11 is -0.149. The van der Waals surface area contributed by atoms with E-state index in [-0.39, 0.29) is 5.75 Å². The average molecular weight is 226 g/mol. The molecule has 0 aromatic heterocycles. The molecule has 4 heteroatoms. The lowest BCUT2D eigenvalue weighted by Gasteiger charge is -2.00. The molecule has 1 atom stereocenters. The van der Waals surface area contributed by atoms with E-state index in [0.717, 1.165) is 11.1 Å². The maximum Gasteiger partial charge on any atom is 0.157 e. The zero-order valence-corrected chi connectivity index (χ0v) is 9.32. The lowest BCUT2D eigenvalue weighted by Crippen LogP contribution is -1.91. The quantitative estimate of drug-likeness (QED) is 0.799. The molecule has 0 amide bonds. The van der Waals surface area contributed by atoms with Crippen molar-refractivity contribution >= 4 is 22.4 Å². The molecule has 0 spiro atoms. The van der Waals surface area contributed by atoms with Crippen molar-refractivity contribution in [3.8, 4) is 11.1 Å². The van der Waals surface area contributed by atoms with Gasteiger partial charge in [0.2, 0.25) is 0 Å². The van der Waals surface area contributed by atoms with Crippen LogP contribution >= 0.6 is 11.3 Å². The van der Waals surface area contributed by atoms with Gasteiger partial charge in [-0.15, -0.1) is 0 Å². The molecule has 2 rings (SSSR count). The molecule has 1 N–H and O–H groups in total. The maximum absolute atomic E-state index is 10.7. The summed E-state index contributed by atoms with van der Waals surface area (Å²) in [5.41, 5.74) is 4.44. The summed E-state index contributed by atoms with van der Waals surface area (Å²) < 4.78 is 19.6. The van der Waals surface area contributed by atoms with Gasteiger partial charge in [0.1, 0.15) is 0 Å². The average Bonchev–Trinajstić information content (AvgIpc) is 2.44. The summed E-state index contributed by atoms with van der Waals surface area (Å²) in [6.07, 6.45) is 0. The number of hydrogen-bond acceptors (Lipinski definition) is 2. The third kappa shape index (κ3) is 1.73. The van der Waals surface area contributed by atoms with Gasteiger partial charge in [-0.3, -0.25) is 0 Å². The minimum Gasteiger partial charge on any atom is -0.306 e. The van der Waals surface area contributed by atoms with Gasteiger partial charge in [0, 0.05) is 0 Å². The summed E-state index contributed by atoms with van der Waals surface area (Å²) in [7, 11) is 0. The number of fused-ring (bicyclic) bond motifs is 1. The molecule has 0 aromatic carbocycles. The molecule has 1 aliphatic carbocycles. The molecule has 1 aliphatic heterocycles. The molecule has 0 saturated carbocycles. The van der Waals surface area contributed by atoms with Gasteiger partial charge in [0.25, 0.3) is 0 Å². The number of hydrogen-bond donors (Lipinski definition) is 1. The van der Waals surface area contributed by atoms with Crippen LogP contribution in [0.5, 0.6) is 0 Å². The molecule has 0 saturated heterocycles. The summed E-state index contributed by atoms with van der Waals surface area (Å²) in [6.45, 7) is 2.02. The molecule has 2 nitrogen and oxygen atoms in total. The molecule has 1 unspecified atom stereocenters. The fourth-order valence-corrected chi connectivity index (χ4v) is 2.84. The van der Waals surface area contributed by atoms with Crippen molar-refractivity contribution in [3.63, 3.8) is 0 Å². The predicted octanol–water partition coefficient (Wildman–Crippen LogP) is 2.88. The Bertz CT molecular complexity index is 448. The topological polar surface area (TPSA) is 37.3 Å². The molecule has 0 fully saturated rings. The van der Waals surface area contributed by atoms with Crippen LogP contribution < -0.4 is 0 Å². The van der Waals surface area contributed by atoms with Crippen molar-refractivity contribution in [1.29, 1.82) is 0 Å². The molecule has 0 bridgehead atoms. The smallest absolute Gasteiger partial charge is 0.157 e. The van der Waals surface area contributed by atoms with E-state index in [4.69, 9.17) is 4.55 Å². The summed E-state index contributed by atoms with van der Waals surface area (Å²) in [5, 5.41) is 4.06. The molecule has 0 aromatic rings. The van der Waals surface area contributed by atoms with Gasteiger partial charge in [-0.1, -0.05) is 6.07 Å². The fourth-order valence-electron chi connectivity index (χ4n) is 1.63.